The van der Waals surface area contributed by atoms with Crippen molar-refractivity contribution in [3.63, 3.8) is 0 Å². The molecule has 0 saturated carbocycles. The number of aromatic carboxylic acids is 1. The normalized spacial score (nSPS) is 18.2. The number of pyridine rings is 2. The van der Waals surface area contributed by atoms with Crippen LogP contribution in [-0.2, 0) is 11.2 Å². The summed E-state index contributed by atoms with van der Waals surface area (Å²) in [4.78, 5) is 35.9. The van der Waals surface area contributed by atoms with Crippen LogP contribution in [0.4, 0.5) is 15.9 Å². The number of fused-ring (bicyclic) bond motifs is 4. The number of amides is 1. The fourth-order valence-electron chi connectivity index (χ4n) is 3.40. The SMILES string of the molecule is O=C(O)c1ccc2c(n1)N(C(=O)Cc1ccc(F)cn1)[C@H]1CCN2C1. The molecule has 25 heavy (non-hydrogen) atoms. The van der Waals surface area contributed by atoms with Gasteiger partial charge in [0.05, 0.1) is 24.3 Å². The number of rotatable bonds is 3. The molecule has 1 saturated heterocycles. The average Bonchev–Trinajstić information content (AvgIpc) is 3.01. The highest BCUT2D eigenvalue weighted by molar-refractivity contribution is 5.99. The number of carbonyl (C=O) groups is 2. The van der Waals surface area contributed by atoms with Crippen LogP contribution in [-0.4, -0.2) is 46.1 Å². The van der Waals surface area contributed by atoms with Crippen LogP contribution in [0.5, 0.6) is 0 Å². The second-order valence-corrected chi connectivity index (χ2v) is 6.14. The lowest BCUT2D eigenvalue weighted by Crippen LogP contribution is -2.47. The molecule has 2 aliphatic rings. The van der Waals surface area contributed by atoms with Crippen molar-refractivity contribution in [3.8, 4) is 0 Å². The second kappa shape index (κ2) is 5.80. The summed E-state index contributed by atoms with van der Waals surface area (Å²) >= 11 is 0. The summed E-state index contributed by atoms with van der Waals surface area (Å²) in [6.45, 7) is 1.49. The molecule has 4 rings (SSSR count). The largest absolute Gasteiger partial charge is 0.477 e. The lowest BCUT2D eigenvalue weighted by atomic mass is 10.1. The monoisotopic (exact) mass is 342 g/mol. The van der Waals surface area contributed by atoms with Crippen molar-refractivity contribution in [2.45, 2.75) is 18.9 Å². The molecule has 0 unspecified atom stereocenters. The minimum atomic E-state index is -1.14. The quantitative estimate of drug-likeness (QED) is 0.909. The molecule has 0 spiro atoms. The van der Waals surface area contributed by atoms with Crippen LogP contribution >= 0.6 is 0 Å². The van der Waals surface area contributed by atoms with Crippen LogP contribution in [0.2, 0.25) is 0 Å². The zero-order valence-electron chi connectivity index (χ0n) is 13.2. The number of carboxylic acid groups (broad SMARTS) is 1. The maximum Gasteiger partial charge on any atom is 0.354 e. The average molecular weight is 342 g/mol. The number of hydrogen-bond acceptors (Lipinski definition) is 5. The van der Waals surface area contributed by atoms with Crippen LogP contribution in [0.15, 0.2) is 30.5 Å². The predicted molar refractivity (Wildman–Crippen MR) is 87.2 cm³/mol. The zero-order valence-corrected chi connectivity index (χ0v) is 13.2. The molecule has 128 valence electrons. The van der Waals surface area contributed by atoms with E-state index < -0.39 is 11.8 Å². The van der Waals surface area contributed by atoms with Gasteiger partial charge in [0.2, 0.25) is 5.91 Å². The Kier molecular flexibility index (Phi) is 3.60. The summed E-state index contributed by atoms with van der Waals surface area (Å²) in [5, 5.41) is 9.19. The summed E-state index contributed by atoms with van der Waals surface area (Å²) < 4.78 is 13.0. The van der Waals surface area contributed by atoms with Crippen molar-refractivity contribution in [1.82, 2.24) is 9.97 Å². The van der Waals surface area contributed by atoms with Gasteiger partial charge in [-0.2, -0.15) is 0 Å². The third-order valence-electron chi connectivity index (χ3n) is 4.56. The molecule has 2 bridgehead atoms. The molecule has 0 radical (unpaired) electrons. The number of carboxylic acids is 1. The summed E-state index contributed by atoms with van der Waals surface area (Å²) in [6.07, 6.45) is 1.88. The van der Waals surface area contributed by atoms with E-state index in [1.54, 1.807) is 11.0 Å². The number of aromatic nitrogens is 2. The van der Waals surface area contributed by atoms with Gasteiger partial charge in [0.1, 0.15) is 5.82 Å². The predicted octanol–water partition coefficient (Wildman–Crippen LogP) is 1.48. The first-order valence-electron chi connectivity index (χ1n) is 7.94. The van der Waals surface area contributed by atoms with E-state index in [-0.39, 0.29) is 24.1 Å². The van der Waals surface area contributed by atoms with Gasteiger partial charge in [-0.15, -0.1) is 0 Å². The Labute approximate surface area is 142 Å². The number of anilines is 2. The molecule has 4 heterocycles. The molecule has 0 aromatic carbocycles. The minimum absolute atomic E-state index is 0.00913. The summed E-state index contributed by atoms with van der Waals surface area (Å²) in [6, 6.07) is 5.84. The first-order chi connectivity index (χ1) is 12.0. The smallest absolute Gasteiger partial charge is 0.354 e. The lowest BCUT2D eigenvalue weighted by molar-refractivity contribution is -0.118. The Morgan fingerprint density at radius 1 is 1.28 bits per heavy atom. The first kappa shape index (κ1) is 15.5. The van der Waals surface area contributed by atoms with Crippen LogP contribution in [0.3, 0.4) is 0 Å². The van der Waals surface area contributed by atoms with E-state index in [4.69, 9.17) is 0 Å². The highest BCUT2D eigenvalue weighted by Crippen LogP contribution is 2.39. The van der Waals surface area contributed by atoms with Gasteiger partial charge in [0.15, 0.2) is 11.5 Å². The van der Waals surface area contributed by atoms with Crippen LogP contribution in [0, 0.1) is 5.82 Å². The van der Waals surface area contributed by atoms with Crippen LogP contribution < -0.4 is 9.80 Å². The highest BCUT2D eigenvalue weighted by atomic mass is 19.1. The number of nitrogens with zero attached hydrogens (tertiary/aromatic N) is 4. The fourth-order valence-corrected chi connectivity index (χ4v) is 3.40. The molecule has 2 aromatic heterocycles. The first-order valence-corrected chi connectivity index (χ1v) is 7.94. The molecular formula is C17H15FN4O3. The Balaban J connectivity index is 1.69. The molecule has 2 aromatic rings. The van der Waals surface area contributed by atoms with E-state index >= 15 is 0 Å². The Hall–Kier alpha value is -3.03. The van der Waals surface area contributed by atoms with Crippen molar-refractivity contribution < 1.29 is 19.1 Å². The maximum atomic E-state index is 13.0. The van der Waals surface area contributed by atoms with Gasteiger partial charge in [-0.25, -0.2) is 14.2 Å². The van der Waals surface area contributed by atoms with E-state index in [9.17, 15) is 19.1 Å². The van der Waals surface area contributed by atoms with E-state index in [0.29, 0.717) is 18.1 Å². The van der Waals surface area contributed by atoms with E-state index in [2.05, 4.69) is 14.9 Å². The van der Waals surface area contributed by atoms with Crippen LogP contribution in [0.1, 0.15) is 22.6 Å². The number of halogens is 1. The van der Waals surface area contributed by atoms with Gasteiger partial charge in [-0.05, 0) is 30.7 Å². The molecule has 7 nitrogen and oxygen atoms in total. The molecule has 1 N–H and O–H groups in total. The van der Waals surface area contributed by atoms with Gasteiger partial charge in [-0.1, -0.05) is 0 Å². The van der Waals surface area contributed by atoms with Crippen molar-refractivity contribution in [3.05, 3.63) is 47.7 Å². The molecule has 1 atom stereocenters. The summed E-state index contributed by atoms with van der Waals surface area (Å²) in [7, 11) is 0. The van der Waals surface area contributed by atoms with E-state index in [1.165, 1.54) is 18.2 Å². The summed E-state index contributed by atoms with van der Waals surface area (Å²) in [5.74, 6) is -1.44. The van der Waals surface area contributed by atoms with Crippen molar-refractivity contribution in [1.29, 1.82) is 0 Å². The van der Waals surface area contributed by atoms with Gasteiger partial charge in [0.25, 0.3) is 0 Å². The molecular weight excluding hydrogens is 327 g/mol. The fraction of sp³-hybridized carbons (Fsp3) is 0.294. The Morgan fingerprint density at radius 2 is 2.12 bits per heavy atom. The zero-order chi connectivity index (χ0) is 17.6. The van der Waals surface area contributed by atoms with E-state index in [0.717, 1.165) is 24.8 Å². The molecule has 0 aliphatic carbocycles. The Morgan fingerprint density at radius 3 is 2.84 bits per heavy atom. The van der Waals surface area contributed by atoms with Gasteiger partial charge >= 0.3 is 5.97 Å². The molecule has 2 aliphatic heterocycles. The third kappa shape index (κ3) is 2.69. The van der Waals surface area contributed by atoms with Gasteiger partial charge < -0.3 is 10.0 Å². The third-order valence-corrected chi connectivity index (χ3v) is 4.56. The number of carbonyl (C=O) groups excluding carboxylic acids is 1. The molecule has 8 heteroatoms. The maximum absolute atomic E-state index is 13.0. The summed E-state index contributed by atoms with van der Waals surface area (Å²) in [5.41, 5.74) is 1.13. The molecule has 1 fully saturated rings. The van der Waals surface area contributed by atoms with Gasteiger partial charge in [0, 0.05) is 18.8 Å². The minimum Gasteiger partial charge on any atom is -0.477 e. The van der Waals surface area contributed by atoms with Crippen molar-refractivity contribution >= 4 is 23.4 Å². The van der Waals surface area contributed by atoms with E-state index in [1.807, 2.05) is 0 Å². The highest BCUT2D eigenvalue weighted by Gasteiger charge is 2.40. The second-order valence-electron chi connectivity index (χ2n) is 6.14. The van der Waals surface area contributed by atoms with Gasteiger partial charge in [-0.3, -0.25) is 14.7 Å². The lowest BCUT2D eigenvalue weighted by Gasteiger charge is -2.35. The topological polar surface area (TPSA) is 86.6 Å². The standard InChI is InChI=1S/C17H15FN4O3/c18-10-1-2-11(19-8-10)7-15(23)22-12-5-6-21(9-12)14-4-3-13(17(24)25)20-16(14)22/h1-4,8,12H,5-7,9H2,(H,24,25)/t12-/m0/s1. The van der Waals surface area contributed by atoms with Crippen LogP contribution in [0.25, 0.3) is 0 Å². The molecule has 1 amide bonds. The van der Waals surface area contributed by atoms with Crippen molar-refractivity contribution in [2.75, 3.05) is 22.9 Å². The van der Waals surface area contributed by atoms with Crippen molar-refractivity contribution in [2.24, 2.45) is 0 Å². The number of hydrogen-bond donors (Lipinski definition) is 1. The Bertz CT molecular complexity index is 855.